The lowest BCUT2D eigenvalue weighted by molar-refractivity contribution is -0.114. The van der Waals surface area contributed by atoms with E-state index < -0.39 is 0 Å². The molecule has 3 aromatic rings. The van der Waals surface area contributed by atoms with Crippen molar-refractivity contribution in [2.45, 2.75) is 19.9 Å². The third-order valence-corrected chi connectivity index (χ3v) is 3.81. The molecule has 0 fully saturated rings. The molecule has 0 aliphatic rings. The van der Waals surface area contributed by atoms with Crippen molar-refractivity contribution in [2.24, 2.45) is 0 Å². The first-order valence-corrected chi connectivity index (χ1v) is 7.61. The normalized spacial score (nSPS) is 11.3. The number of rotatable bonds is 5. The number of carbonyl (C=O) groups excluding carboxylic acids is 1. The van der Waals surface area contributed by atoms with Crippen LogP contribution in [0.2, 0.25) is 0 Å². The van der Waals surface area contributed by atoms with Gasteiger partial charge in [-0.25, -0.2) is 0 Å². The van der Waals surface area contributed by atoms with E-state index in [0.29, 0.717) is 6.42 Å². The minimum absolute atomic E-state index is 0.150. The quantitative estimate of drug-likeness (QED) is 0.625. The second-order valence-electron chi connectivity index (χ2n) is 5.35. The van der Waals surface area contributed by atoms with E-state index in [0.717, 1.165) is 12.2 Å². The van der Waals surface area contributed by atoms with Gasteiger partial charge < -0.3 is 4.57 Å². The first kappa shape index (κ1) is 14.3. The number of nitrogens with zero attached hydrogens (tertiary/aromatic N) is 1. The van der Waals surface area contributed by atoms with Gasteiger partial charge in [0.1, 0.15) is 0 Å². The fourth-order valence-corrected chi connectivity index (χ4v) is 2.61. The highest BCUT2D eigenvalue weighted by Gasteiger charge is 2.07. The number of hydrogen-bond acceptors (Lipinski definition) is 1. The van der Waals surface area contributed by atoms with E-state index in [1.165, 1.54) is 16.5 Å². The topological polar surface area (TPSA) is 22.0 Å². The number of allylic oxidation sites excluding steroid dienone is 1. The Morgan fingerprint density at radius 2 is 1.77 bits per heavy atom. The summed E-state index contributed by atoms with van der Waals surface area (Å²) in [6.07, 6.45) is 4.14. The van der Waals surface area contributed by atoms with Crippen LogP contribution in [0.5, 0.6) is 0 Å². The zero-order chi connectivity index (χ0) is 15.4. The van der Waals surface area contributed by atoms with Gasteiger partial charge in [0.15, 0.2) is 5.78 Å². The minimum Gasteiger partial charge on any atom is -0.336 e. The Morgan fingerprint density at radius 3 is 2.55 bits per heavy atom. The van der Waals surface area contributed by atoms with Crippen molar-refractivity contribution in [1.82, 2.24) is 4.57 Å². The predicted octanol–water partition coefficient (Wildman–Crippen LogP) is 4.68. The first-order valence-electron chi connectivity index (χ1n) is 7.61. The molecule has 1 aromatic heterocycles. The van der Waals surface area contributed by atoms with Crippen molar-refractivity contribution in [2.75, 3.05) is 0 Å². The molecular formula is C20H19NO. The van der Waals surface area contributed by atoms with Crippen LogP contribution < -0.4 is 0 Å². The van der Waals surface area contributed by atoms with Gasteiger partial charge >= 0.3 is 0 Å². The maximum absolute atomic E-state index is 11.6. The monoisotopic (exact) mass is 289 g/mol. The van der Waals surface area contributed by atoms with Crippen molar-refractivity contribution >= 4 is 22.8 Å². The molecule has 0 saturated heterocycles. The number of fused-ring (bicyclic) bond motifs is 1. The summed E-state index contributed by atoms with van der Waals surface area (Å²) in [7, 11) is 0. The average molecular weight is 289 g/mol. The summed E-state index contributed by atoms with van der Waals surface area (Å²) in [6.45, 7) is 2.68. The third kappa shape index (κ3) is 3.01. The van der Waals surface area contributed by atoms with Gasteiger partial charge in [-0.15, -0.1) is 0 Å². The maximum Gasteiger partial charge on any atom is 0.155 e. The van der Waals surface area contributed by atoms with E-state index in [1.54, 1.807) is 6.08 Å². The molecule has 0 saturated carbocycles. The van der Waals surface area contributed by atoms with Crippen LogP contribution in [-0.4, -0.2) is 10.4 Å². The predicted molar refractivity (Wildman–Crippen MR) is 91.8 cm³/mol. The van der Waals surface area contributed by atoms with Crippen LogP contribution in [0.1, 0.15) is 24.6 Å². The highest BCUT2D eigenvalue weighted by Crippen LogP contribution is 2.22. The Hall–Kier alpha value is -2.61. The lowest BCUT2D eigenvalue weighted by atomic mass is 10.2. The zero-order valence-corrected chi connectivity index (χ0v) is 12.7. The van der Waals surface area contributed by atoms with Gasteiger partial charge in [-0.3, -0.25) is 4.79 Å². The maximum atomic E-state index is 11.6. The molecule has 2 aromatic carbocycles. The van der Waals surface area contributed by atoms with Crippen LogP contribution in [0, 0.1) is 0 Å². The van der Waals surface area contributed by atoms with Gasteiger partial charge in [0, 0.05) is 29.6 Å². The van der Waals surface area contributed by atoms with Crippen molar-refractivity contribution in [3.05, 3.63) is 78.0 Å². The highest BCUT2D eigenvalue weighted by molar-refractivity contribution is 5.94. The Morgan fingerprint density at radius 1 is 1.05 bits per heavy atom. The van der Waals surface area contributed by atoms with Gasteiger partial charge in [-0.1, -0.05) is 55.5 Å². The van der Waals surface area contributed by atoms with E-state index >= 15 is 0 Å². The molecule has 0 aliphatic heterocycles. The summed E-state index contributed by atoms with van der Waals surface area (Å²) in [4.78, 5) is 11.6. The number of para-hydroxylation sites is 1. The Labute approximate surface area is 130 Å². The number of benzene rings is 2. The molecule has 0 unspecified atom stereocenters. The molecule has 0 amide bonds. The van der Waals surface area contributed by atoms with E-state index in [9.17, 15) is 4.79 Å². The van der Waals surface area contributed by atoms with Crippen molar-refractivity contribution in [3.63, 3.8) is 0 Å². The Bertz CT molecular complexity index is 812. The van der Waals surface area contributed by atoms with E-state index in [2.05, 4.69) is 53.1 Å². The summed E-state index contributed by atoms with van der Waals surface area (Å²) >= 11 is 0. The summed E-state index contributed by atoms with van der Waals surface area (Å²) in [6, 6.07) is 20.8. The van der Waals surface area contributed by atoms with Crippen molar-refractivity contribution in [1.29, 1.82) is 0 Å². The van der Waals surface area contributed by atoms with E-state index in [-0.39, 0.29) is 5.78 Å². The second kappa shape index (κ2) is 6.44. The molecule has 0 N–H and O–H groups in total. The Kier molecular flexibility index (Phi) is 4.19. The van der Waals surface area contributed by atoms with Crippen LogP contribution >= 0.6 is 0 Å². The van der Waals surface area contributed by atoms with Crippen LogP contribution in [0.25, 0.3) is 17.0 Å². The molecule has 110 valence electrons. The average Bonchev–Trinajstić information content (AvgIpc) is 2.91. The van der Waals surface area contributed by atoms with Crippen LogP contribution in [0.3, 0.4) is 0 Å². The van der Waals surface area contributed by atoms with Gasteiger partial charge in [-0.2, -0.15) is 0 Å². The molecule has 0 radical (unpaired) electrons. The molecule has 0 atom stereocenters. The van der Waals surface area contributed by atoms with Crippen molar-refractivity contribution < 1.29 is 4.79 Å². The molecule has 3 rings (SSSR count). The van der Waals surface area contributed by atoms with E-state index in [1.807, 2.05) is 25.1 Å². The largest absolute Gasteiger partial charge is 0.336 e. The van der Waals surface area contributed by atoms with Crippen LogP contribution in [0.15, 0.2) is 66.7 Å². The summed E-state index contributed by atoms with van der Waals surface area (Å²) in [5, 5.41) is 1.20. The number of ketones is 1. The summed E-state index contributed by atoms with van der Waals surface area (Å²) in [5.74, 6) is 0.150. The molecular weight excluding hydrogens is 270 g/mol. The molecule has 0 aliphatic carbocycles. The summed E-state index contributed by atoms with van der Waals surface area (Å²) < 4.78 is 2.25. The lowest BCUT2D eigenvalue weighted by Gasteiger charge is -2.09. The molecule has 0 spiro atoms. The second-order valence-corrected chi connectivity index (χ2v) is 5.35. The van der Waals surface area contributed by atoms with Crippen molar-refractivity contribution in [3.8, 4) is 0 Å². The fraction of sp³-hybridized carbons (Fsp3) is 0.150. The third-order valence-electron chi connectivity index (χ3n) is 3.81. The summed E-state index contributed by atoms with van der Waals surface area (Å²) in [5.41, 5.74) is 3.50. The van der Waals surface area contributed by atoms with Gasteiger partial charge in [0.2, 0.25) is 0 Å². The molecule has 22 heavy (non-hydrogen) atoms. The van der Waals surface area contributed by atoms with Gasteiger partial charge in [0.25, 0.3) is 0 Å². The highest BCUT2D eigenvalue weighted by atomic mass is 16.1. The van der Waals surface area contributed by atoms with Crippen LogP contribution in [-0.2, 0) is 11.3 Å². The molecule has 2 heteroatoms. The fourth-order valence-electron chi connectivity index (χ4n) is 2.61. The standard InChI is InChI=1S/C20H19NO/c1-2-19(22)13-12-18-14-17-10-6-7-11-20(17)21(18)15-16-8-4-3-5-9-16/h3-14H,2,15H2,1H3/b13-12+. The van der Waals surface area contributed by atoms with Gasteiger partial charge in [-0.05, 0) is 29.8 Å². The Balaban J connectivity index is 2.05. The molecule has 1 heterocycles. The SMILES string of the molecule is CCC(=O)/C=C/c1cc2ccccc2n1Cc1ccccc1. The zero-order valence-electron chi connectivity index (χ0n) is 12.7. The van der Waals surface area contributed by atoms with Gasteiger partial charge in [0.05, 0.1) is 0 Å². The number of hydrogen-bond donors (Lipinski definition) is 0. The molecule has 0 bridgehead atoms. The van der Waals surface area contributed by atoms with Crippen LogP contribution in [0.4, 0.5) is 0 Å². The first-order chi connectivity index (χ1) is 10.8. The number of carbonyl (C=O) groups is 1. The lowest BCUT2D eigenvalue weighted by Crippen LogP contribution is -2.01. The van der Waals surface area contributed by atoms with E-state index in [4.69, 9.17) is 0 Å². The molecule has 2 nitrogen and oxygen atoms in total. The minimum atomic E-state index is 0.150. The number of aromatic nitrogens is 1. The smallest absolute Gasteiger partial charge is 0.155 e.